The van der Waals surface area contributed by atoms with Crippen molar-refractivity contribution in [3.05, 3.63) is 24.3 Å². The van der Waals surface area contributed by atoms with Crippen LogP contribution in [0.4, 0.5) is 5.69 Å². The lowest BCUT2D eigenvalue weighted by molar-refractivity contribution is -0.123. The first-order valence-electron chi connectivity index (χ1n) is 8.57. The Morgan fingerprint density at radius 2 is 1.96 bits per heavy atom. The predicted molar refractivity (Wildman–Crippen MR) is 92.0 cm³/mol. The van der Waals surface area contributed by atoms with Gasteiger partial charge in [0.15, 0.2) is 0 Å². The molecule has 5 heteroatoms. The number of methoxy groups -OCH3 is 1. The maximum atomic E-state index is 12.1. The number of para-hydroxylation sites is 2. The van der Waals surface area contributed by atoms with Gasteiger partial charge in [0.25, 0.3) is 0 Å². The fourth-order valence-electron chi connectivity index (χ4n) is 3.25. The zero-order chi connectivity index (χ0) is 16.2. The fourth-order valence-corrected chi connectivity index (χ4v) is 3.25. The molecule has 3 rings (SSSR count). The van der Waals surface area contributed by atoms with Gasteiger partial charge in [-0.3, -0.25) is 9.69 Å². The Labute approximate surface area is 138 Å². The summed E-state index contributed by atoms with van der Waals surface area (Å²) in [6.07, 6.45) is 2.53. The van der Waals surface area contributed by atoms with Crippen molar-refractivity contribution in [2.75, 3.05) is 44.7 Å². The molecule has 1 aliphatic carbocycles. The molecule has 0 radical (unpaired) electrons. The molecule has 2 fully saturated rings. The van der Waals surface area contributed by atoms with Crippen LogP contribution >= 0.6 is 0 Å². The van der Waals surface area contributed by atoms with E-state index in [1.807, 2.05) is 18.2 Å². The van der Waals surface area contributed by atoms with Crippen molar-refractivity contribution >= 4 is 11.6 Å². The first kappa shape index (κ1) is 16.1. The molecular formula is C18H27N3O2. The topological polar surface area (TPSA) is 44.8 Å². The molecule has 1 heterocycles. The Bertz CT molecular complexity index is 537. The van der Waals surface area contributed by atoms with Crippen molar-refractivity contribution < 1.29 is 9.53 Å². The van der Waals surface area contributed by atoms with E-state index in [2.05, 4.69) is 28.1 Å². The molecular weight excluding hydrogens is 290 g/mol. The number of rotatable bonds is 6. The second kappa shape index (κ2) is 7.21. The van der Waals surface area contributed by atoms with Crippen LogP contribution in [0, 0.1) is 5.92 Å². The van der Waals surface area contributed by atoms with Crippen LogP contribution in [0.1, 0.15) is 19.8 Å². The van der Waals surface area contributed by atoms with Gasteiger partial charge < -0.3 is 15.0 Å². The van der Waals surface area contributed by atoms with Crippen molar-refractivity contribution in [1.29, 1.82) is 0 Å². The number of nitrogens with one attached hydrogen (secondary N) is 1. The van der Waals surface area contributed by atoms with E-state index in [0.29, 0.717) is 18.5 Å². The standard InChI is InChI=1S/C18H27N3O2/c1-14(15-7-8-15)19-18(22)13-20-9-11-21(12-10-20)16-5-3-4-6-17(16)23-2/h3-6,14-15H,7-13H2,1-2H3,(H,19,22)/t14-/m1/s1. The van der Waals surface area contributed by atoms with Gasteiger partial charge in [-0.2, -0.15) is 0 Å². The number of anilines is 1. The SMILES string of the molecule is COc1ccccc1N1CCN(CC(=O)N[C@H](C)C2CC2)CC1. The van der Waals surface area contributed by atoms with Gasteiger partial charge in [0.2, 0.25) is 5.91 Å². The summed E-state index contributed by atoms with van der Waals surface area (Å²) in [5, 5.41) is 3.14. The van der Waals surface area contributed by atoms with Crippen molar-refractivity contribution in [2.24, 2.45) is 5.92 Å². The van der Waals surface area contributed by atoms with Crippen LogP contribution in [0.25, 0.3) is 0 Å². The second-order valence-electron chi connectivity index (χ2n) is 6.63. The zero-order valence-electron chi connectivity index (χ0n) is 14.1. The highest BCUT2D eigenvalue weighted by atomic mass is 16.5. The molecule has 126 valence electrons. The van der Waals surface area contributed by atoms with E-state index in [9.17, 15) is 4.79 Å². The molecule has 1 aliphatic heterocycles. The largest absolute Gasteiger partial charge is 0.495 e. The molecule has 23 heavy (non-hydrogen) atoms. The summed E-state index contributed by atoms with van der Waals surface area (Å²) in [7, 11) is 1.71. The number of hydrogen-bond donors (Lipinski definition) is 1. The highest BCUT2D eigenvalue weighted by Crippen LogP contribution is 2.32. The number of piperazine rings is 1. The Hall–Kier alpha value is -1.75. The lowest BCUT2D eigenvalue weighted by atomic mass is 10.2. The molecule has 0 spiro atoms. The quantitative estimate of drug-likeness (QED) is 0.868. The summed E-state index contributed by atoms with van der Waals surface area (Å²) in [4.78, 5) is 16.7. The molecule has 1 saturated heterocycles. The highest BCUT2D eigenvalue weighted by molar-refractivity contribution is 5.78. The molecule has 0 aromatic heterocycles. The predicted octanol–water partition coefficient (Wildman–Crippen LogP) is 1.73. The van der Waals surface area contributed by atoms with E-state index >= 15 is 0 Å². The van der Waals surface area contributed by atoms with Crippen LogP contribution in [0.15, 0.2) is 24.3 Å². The van der Waals surface area contributed by atoms with Gasteiger partial charge >= 0.3 is 0 Å². The first-order valence-corrected chi connectivity index (χ1v) is 8.57. The normalized spacial score (nSPS) is 20.2. The average molecular weight is 317 g/mol. The van der Waals surface area contributed by atoms with Gasteiger partial charge in [-0.05, 0) is 37.8 Å². The molecule has 5 nitrogen and oxygen atoms in total. The Balaban J connectivity index is 1.47. The van der Waals surface area contributed by atoms with Gasteiger partial charge in [-0.1, -0.05) is 12.1 Å². The zero-order valence-corrected chi connectivity index (χ0v) is 14.1. The summed E-state index contributed by atoms with van der Waals surface area (Å²) in [5.74, 6) is 1.79. The third-order valence-electron chi connectivity index (χ3n) is 4.88. The molecule has 0 unspecified atom stereocenters. The van der Waals surface area contributed by atoms with Crippen LogP contribution in [-0.2, 0) is 4.79 Å². The number of benzene rings is 1. The monoisotopic (exact) mass is 317 g/mol. The van der Waals surface area contributed by atoms with Crippen molar-refractivity contribution in [2.45, 2.75) is 25.8 Å². The van der Waals surface area contributed by atoms with Crippen molar-refractivity contribution in [1.82, 2.24) is 10.2 Å². The Morgan fingerprint density at radius 1 is 1.26 bits per heavy atom. The van der Waals surface area contributed by atoms with E-state index < -0.39 is 0 Å². The van der Waals surface area contributed by atoms with Crippen LogP contribution in [0.2, 0.25) is 0 Å². The Kier molecular flexibility index (Phi) is 5.06. The third kappa shape index (κ3) is 4.16. The third-order valence-corrected chi connectivity index (χ3v) is 4.88. The van der Waals surface area contributed by atoms with Crippen LogP contribution in [-0.4, -0.2) is 56.7 Å². The Morgan fingerprint density at radius 3 is 2.61 bits per heavy atom. The van der Waals surface area contributed by atoms with Crippen molar-refractivity contribution in [3.8, 4) is 5.75 Å². The van der Waals surface area contributed by atoms with E-state index in [-0.39, 0.29) is 5.91 Å². The number of carbonyl (C=O) groups is 1. The summed E-state index contributed by atoms with van der Waals surface area (Å²) in [6, 6.07) is 8.45. The van der Waals surface area contributed by atoms with Gasteiger partial charge in [0, 0.05) is 32.2 Å². The highest BCUT2D eigenvalue weighted by Gasteiger charge is 2.29. The lowest BCUT2D eigenvalue weighted by Gasteiger charge is -2.36. The van der Waals surface area contributed by atoms with E-state index in [1.54, 1.807) is 7.11 Å². The maximum absolute atomic E-state index is 12.1. The minimum atomic E-state index is 0.162. The van der Waals surface area contributed by atoms with E-state index in [4.69, 9.17) is 4.74 Å². The van der Waals surface area contributed by atoms with Gasteiger partial charge in [-0.15, -0.1) is 0 Å². The van der Waals surface area contributed by atoms with Crippen LogP contribution in [0.5, 0.6) is 5.75 Å². The fraction of sp³-hybridized carbons (Fsp3) is 0.611. The summed E-state index contributed by atoms with van der Waals surface area (Å²) in [5.41, 5.74) is 1.14. The van der Waals surface area contributed by atoms with E-state index in [1.165, 1.54) is 12.8 Å². The van der Waals surface area contributed by atoms with E-state index in [0.717, 1.165) is 37.6 Å². The summed E-state index contributed by atoms with van der Waals surface area (Å²) < 4.78 is 5.44. The van der Waals surface area contributed by atoms with Crippen LogP contribution < -0.4 is 15.0 Å². The average Bonchev–Trinajstić information content (AvgIpc) is 3.40. The number of ether oxygens (including phenoxy) is 1. The second-order valence-corrected chi connectivity index (χ2v) is 6.63. The molecule has 1 amide bonds. The van der Waals surface area contributed by atoms with Gasteiger partial charge in [0.1, 0.15) is 5.75 Å². The molecule has 2 aliphatic rings. The minimum absolute atomic E-state index is 0.162. The van der Waals surface area contributed by atoms with Gasteiger partial charge in [-0.25, -0.2) is 0 Å². The minimum Gasteiger partial charge on any atom is -0.495 e. The summed E-state index contributed by atoms with van der Waals surface area (Å²) in [6.45, 7) is 6.29. The van der Waals surface area contributed by atoms with Crippen LogP contribution in [0.3, 0.4) is 0 Å². The summed E-state index contributed by atoms with van der Waals surface area (Å²) >= 11 is 0. The molecule has 1 aromatic rings. The smallest absolute Gasteiger partial charge is 0.234 e. The number of hydrogen-bond acceptors (Lipinski definition) is 4. The first-order chi connectivity index (χ1) is 11.2. The maximum Gasteiger partial charge on any atom is 0.234 e. The molecule has 1 atom stereocenters. The number of nitrogens with zero attached hydrogens (tertiary/aromatic N) is 2. The molecule has 0 bridgehead atoms. The van der Waals surface area contributed by atoms with Crippen molar-refractivity contribution in [3.63, 3.8) is 0 Å². The lowest BCUT2D eigenvalue weighted by Crippen LogP contribution is -2.50. The number of amides is 1. The number of carbonyl (C=O) groups excluding carboxylic acids is 1. The molecule has 1 saturated carbocycles. The molecule has 1 aromatic carbocycles. The molecule has 1 N–H and O–H groups in total. The van der Waals surface area contributed by atoms with Gasteiger partial charge in [0.05, 0.1) is 19.3 Å².